The fourth-order valence-corrected chi connectivity index (χ4v) is 3.45. The third-order valence-electron chi connectivity index (χ3n) is 4.01. The lowest BCUT2D eigenvalue weighted by Crippen LogP contribution is -2.08. The Morgan fingerprint density at radius 3 is 2.50 bits per heavy atom. The Morgan fingerprint density at radius 1 is 1.08 bits per heavy atom. The van der Waals surface area contributed by atoms with Crippen molar-refractivity contribution in [2.45, 2.75) is 36.8 Å². The Hall–Kier alpha value is -2.02. The van der Waals surface area contributed by atoms with Crippen LogP contribution in [0.4, 0.5) is 5.95 Å². The molecular formula is C17H22N4O2S. The van der Waals surface area contributed by atoms with Gasteiger partial charge in [0.15, 0.2) is 5.16 Å². The standard InChI is InChI=1S/C17H22N4O2S/c1-22-13-6-8-14(9-7-13)23-10-11-24-17-20-15(19-16(18)21-17)12-4-2-3-5-12/h6-9,12H,2-5,10-11H2,1H3,(H2,18,19,20,21). The Kier molecular flexibility index (Phi) is 5.74. The van der Waals surface area contributed by atoms with Gasteiger partial charge in [0.1, 0.15) is 17.3 Å². The first-order chi connectivity index (χ1) is 11.7. The molecule has 6 nitrogen and oxygen atoms in total. The normalized spacial score (nSPS) is 14.7. The minimum atomic E-state index is 0.311. The van der Waals surface area contributed by atoms with Gasteiger partial charge in [-0.05, 0) is 37.1 Å². The van der Waals surface area contributed by atoms with Gasteiger partial charge in [0.05, 0.1) is 13.7 Å². The summed E-state index contributed by atoms with van der Waals surface area (Å²) in [6.45, 7) is 0.571. The summed E-state index contributed by atoms with van der Waals surface area (Å²) in [5, 5.41) is 0.683. The van der Waals surface area contributed by atoms with E-state index in [2.05, 4.69) is 15.0 Å². The van der Waals surface area contributed by atoms with Crippen molar-refractivity contribution in [3.8, 4) is 11.5 Å². The van der Waals surface area contributed by atoms with Crippen LogP contribution in [0.1, 0.15) is 37.4 Å². The molecule has 1 saturated carbocycles. The van der Waals surface area contributed by atoms with Gasteiger partial charge in [-0.1, -0.05) is 24.6 Å². The zero-order valence-electron chi connectivity index (χ0n) is 13.8. The van der Waals surface area contributed by atoms with E-state index < -0.39 is 0 Å². The Bertz CT molecular complexity index is 660. The highest BCUT2D eigenvalue weighted by Crippen LogP contribution is 2.32. The molecule has 128 valence electrons. The zero-order chi connectivity index (χ0) is 16.8. The average molecular weight is 346 g/mol. The van der Waals surface area contributed by atoms with Crippen LogP contribution >= 0.6 is 11.8 Å². The van der Waals surface area contributed by atoms with Crippen LogP contribution < -0.4 is 15.2 Å². The van der Waals surface area contributed by atoms with Crippen LogP contribution in [-0.2, 0) is 0 Å². The molecule has 0 spiro atoms. The lowest BCUT2D eigenvalue weighted by atomic mass is 10.1. The van der Waals surface area contributed by atoms with E-state index in [1.807, 2.05) is 24.3 Å². The lowest BCUT2D eigenvalue weighted by molar-refractivity contribution is 0.342. The molecule has 0 bridgehead atoms. The van der Waals surface area contributed by atoms with Gasteiger partial charge in [-0.15, -0.1) is 0 Å². The van der Waals surface area contributed by atoms with Crippen molar-refractivity contribution >= 4 is 17.7 Å². The lowest BCUT2D eigenvalue weighted by Gasteiger charge is -2.10. The number of ether oxygens (including phenoxy) is 2. The van der Waals surface area contributed by atoms with Crippen molar-refractivity contribution in [3.63, 3.8) is 0 Å². The maximum absolute atomic E-state index is 5.83. The summed E-state index contributed by atoms with van der Waals surface area (Å²) in [6.07, 6.45) is 4.78. The molecule has 0 atom stereocenters. The van der Waals surface area contributed by atoms with Crippen LogP contribution in [0.15, 0.2) is 29.4 Å². The number of nitrogens with zero attached hydrogens (tertiary/aromatic N) is 3. The first kappa shape index (κ1) is 16.8. The number of hydrogen-bond acceptors (Lipinski definition) is 7. The minimum Gasteiger partial charge on any atom is -0.497 e. The van der Waals surface area contributed by atoms with Crippen LogP contribution in [0.3, 0.4) is 0 Å². The number of thioether (sulfide) groups is 1. The van der Waals surface area contributed by atoms with Crippen molar-refractivity contribution in [3.05, 3.63) is 30.1 Å². The van der Waals surface area contributed by atoms with Gasteiger partial charge < -0.3 is 15.2 Å². The maximum Gasteiger partial charge on any atom is 0.224 e. The zero-order valence-corrected chi connectivity index (χ0v) is 14.6. The molecule has 0 radical (unpaired) electrons. The maximum atomic E-state index is 5.83. The molecule has 0 unspecified atom stereocenters. The predicted octanol–water partition coefficient (Wildman–Crippen LogP) is 3.29. The first-order valence-corrected chi connectivity index (χ1v) is 9.14. The number of rotatable bonds is 7. The molecule has 7 heteroatoms. The van der Waals surface area contributed by atoms with Crippen LogP contribution in [0, 0.1) is 0 Å². The van der Waals surface area contributed by atoms with Crippen molar-refractivity contribution in [2.75, 3.05) is 25.2 Å². The first-order valence-electron chi connectivity index (χ1n) is 8.15. The molecule has 0 aliphatic heterocycles. The van der Waals surface area contributed by atoms with Crippen molar-refractivity contribution in [2.24, 2.45) is 0 Å². The fraction of sp³-hybridized carbons (Fsp3) is 0.471. The molecule has 1 fully saturated rings. The quantitative estimate of drug-likeness (QED) is 0.608. The summed E-state index contributed by atoms with van der Waals surface area (Å²) in [6, 6.07) is 7.54. The van der Waals surface area contributed by atoms with Crippen LogP contribution in [0.2, 0.25) is 0 Å². The number of anilines is 1. The molecule has 3 rings (SSSR count). The van der Waals surface area contributed by atoms with Gasteiger partial charge in [-0.3, -0.25) is 0 Å². The van der Waals surface area contributed by atoms with E-state index in [1.54, 1.807) is 18.9 Å². The topological polar surface area (TPSA) is 83.2 Å². The average Bonchev–Trinajstić information content (AvgIpc) is 3.13. The van der Waals surface area contributed by atoms with Gasteiger partial charge in [0.2, 0.25) is 5.95 Å². The highest BCUT2D eigenvalue weighted by Gasteiger charge is 2.21. The molecule has 0 saturated heterocycles. The highest BCUT2D eigenvalue weighted by molar-refractivity contribution is 7.99. The van der Waals surface area contributed by atoms with Gasteiger partial charge in [-0.25, -0.2) is 4.98 Å². The Morgan fingerprint density at radius 2 is 1.79 bits per heavy atom. The van der Waals surface area contributed by atoms with E-state index in [0.717, 1.165) is 35.9 Å². The van der Waals surface area contributed by atoms with Crippen LogP contribution in [0.25, 0.3) is 0 Å². The second kappa shape index (κ2) is 8.19. The smallest absolute Gasteiger partial charge is 0.224 e. The summed E-state index contributed by atoms with van der Waals surface area (Å²) in [5.41, 5.74) is 5.83. The Labute approximate surface area is 146 Å². The minimum absolute atomic E-state index is 0.311. The summed E-state index contributed by atoms with van der Waals surface area (Å²) in [5.74, 6) is 3.98. The second-order valence-electron chi connectivity index (χ2n) is 5.69. The SMILES string of the molecule is COc1ccc(OCCSc2nc(N)nc(C3CCCC3)n2)cc1. The van der Waals surface area contributed by atoms with Gasteiger partial charge >= 0.3 is 0 Å². The summed E-state index contributed by atoms with van der Waals surface area (Å²) < 4.78 is 10.8. The summed E-state index contributed by atoms with van der Waals surface area (Å²) in [4.78, 5) is 13.1. The molecule has 1 aliphatic rings. The molecule has 1 aliphatic carbocycles. The fourth-order valence-electron chi connectivity index (χ4n) is 2.78. The van der Waals surface area contributed by atoms with Crippen LogP contribution in [-0.4, -0.2) is 34.4 Å². The number of hydrogen-bond donors (Lipinski definition) is 1. The van der Waals surface area contributed by atoms with E-state index in [-0.39, 0.29) is 0 Å². The number of nitrogens with two attached hydrogens (primary N) is 1. The van der Waals surface area contributed by atoms with Gasteiger partial charge in [0.25, 0.3) is 0 Å². The molecule has 2 aromatic rings. The van der Waals surface area contributed by atoms with E-state index >= 15 is 0 Å². The predicted molar refractivity (Wildman–Crippen MR) is 94.7 cm³/mol. The monoisotopic (exact) mass is 346 g/mol. The third-order valence-corrected chi connectivity index (χ3v) is 4.82. The molecule has 1 aromatic heterocycles. The summed E-state index contributed by atoms with van der Waals surface area (Å²) >= 11 is 1.54. The molecular weight excluding hydrogens is 324 g/mol. The largest absolute Gasteiger partial charge is 0.497 e. The number of methoxy groups -OCH3 is 1. The van der Waals surface area contributed by atoms with Crippen molar-refractivity contribution < 1.29 is 9.47 Å². The van der Waals surface area contributed by atoms with Crippen molar-refractivity contribution in [1.29, 1.82) is 0 Å². The van der Waals surface area contributed by atoms with Gasteiger partial charge in [-0.2, -0.15) is 9.97 Å². The molecule has 1 heterocycles. The van der Waals surface area contributed by atoms with E-state index in [4.69, 9.17) is 15.2 Å². The highest BCUT2D eigenvalue weighted by atomic mass is 32.2. The van der Waals surface area contributed by atoms with E-state index in [1.165, 1.54) is 12.8 Å². The van der Waals surface area contributed by atoms with E-state index in [0.29, 0.717) is 23.6 Å². The molecule has 0 amide bonds. The molecule has 24 heavy (non-hydrogen) atoms. The summed E-state index contributed by atoms with van der Waals surface area (Å²) in [7, 11) is 1.65. The number of aromatic nitrogens is 3. The third kappa shape index (κ3) is 4.50. The number of nitrogen functional groups attached to an aromatic ring is 1. The van der Waals surface area contributed by atoms with Gasteiger partial charge in [0, 0.05) is 11.7 Å². The Balaban J connectivity index is 1.50. The van der Waals surface area contributed by atoms with Crippen molar-refractivity contribution in [1.82, 2.24) is 15.0 Å². The van der Waals surface area contributed by atoms with Crippen LogP contribution in [0.5, 0.6) is 11.5 Å². The second-order valence-corrected chi connectivity index (χ2v) is 6.75. The molecule has 1 aromatic carbocycles. The number of benzene rings is 1. The van der Waals surface area contributed by atoms with E-state index in [9.17, 15) is 0 Å². The molecule has 2 N–H and O–H groups in total.